The predicted molar refractivity (Wildman–Crippen MR) is 74.6 cm³/mol. The molecule has 0 spiro atoms. The average molecular weight is 254 g/mol. The van der Waals surface area contributed by atoms with Gasteiger partial charge in [-0.2, -0.15) is 0 Å². The Kier molecular flexibility index (Phi) is 5.97. The second-order valence-electron chi connectivity index (χ2n) is 6.32. The van der Waals surface area contributed by atoms with Crippen LogP contribution in [0.4, 0.5) is 0 Å². The fraction of sp³-hybridized carbons (Fsp3) is 1.00. The molecule has 2 aliphatic rings. The molecule has 0 radical (unpaired) electrons. The van der Waals surface area contributed by atoms with E-state index in [9.17, 15) is 5.11 Å². The first kappa shape index (κ1) is 14.3. The molecule has 0 amide bonds. The summed E-state index contributed by atoms with van der Waals surface area (Å²) in [7, 11) is 0. The Morgan fingerprint density at radius 3 is 2.56 bits per heavy atom. The molecule has 1 aliphatic carbocycles. The smallest absolute Gasteiger partial charge is 0.0576 e. The summed E-state index contributed by atoms with van der Waals surface area (Å²) in [6, 6.07) is 0. The maximum Gasteiger partial charge on any atom is 0.0576 e. The molecule has 0 bridgehead atoms. The lowest BCUT2D eigenvalue weighted by atomic mass is 9.77. The molecule has 18 heavy (non-hydrogen) atoms. The highest BCUT2D eigenvalue weighted by Crippen LogP contribution is 2.33. The lowest BCUT2D eigenvalue weighted by Crippen LogP contribution is -2.25. The largest absolute Gasteiger partial charge is 0.393 e. The van der Waals surface area contributed by atoms with Crippen LogP contribution in [0.2, 0.25) is 0 Å². The van der Waals surface area contributed by atoms with Gasteiger partial charge in [0.15, 0.2) is 0 Å². The first-order chi connectivity index (χ1) is 8.79. The SMILES string of the molecule is CCC1CCC(C(O)CCCC2CCCO2)CC1. The van der Waals surface area contributed by atoms with Crippen LogP contribution in [0.25, 0.3) is 0 Å². The molecule has 2 fully saturated rings. The van der Waals surface area contributed by atoms with Gasteiger partial charge in [0.2, 0.25) is 0 Å². The zero-order chi connectivity index (χ0) is 12.8. The van der Waals surface area contributed by atoms with E-state index in [0.717, 1.165) is 31.8 Å². The fourth-order valence-electron chi connectivity index (χ4n) is 3.64. The molecule has 2 rings (SSSR count). The summed E-state index contributed by atoms with van der Waals surface area (Å²) in [6.07, 6.45) is 12.7. The van der Waals surface area contributed by atoms with Crippen molar-refractivity contribution in [2.24, 2.45) is 11.8 Å². The van der Waals surface area contributed by atoms with Crippen LogP contribution >= 0.6 is 0 Å². The maximum atomic E-state index is 10.3. The van der Waals surface area contributed by atoms with Crippen LogP contribution in [-0.4, -0.2) is 23.9 Å². The zero-order valence-corrected chi connectivity index (χ0v) is 11.9. The van der Waals surface area contributed by atoms with Crippen LogP contribution < -0.4 is 0 Å². The molecule has 2 unspecified atom stereocenters. The highest BCUT2D eigenvalue weighted by Gasteiger charge is 2.25. The van der Waals surface area contributed by atoms with Gasteiger partial charge in [-0.15, -0.1) is 0 Å². The molecule has 2 heteroatoms. The standard InChI is InChI=1S/C16H30O2/c1-2-13-8-10-14(11-9-13)16(17)7-3-5-15-6-4-12-18-15/h13-17H,2-12H2,1H3. The summed E-state index contributed by atoms with van der Waals surface area (Å²) in [5.41, 5.74) is 0. The van der Waals surface area contributed by atoms with Crippen molar-refractivity contribution in [3.8, 4) is 0 Å². The molecule has 0 aromatic carbocycles. The molecule has 1 N–H and O–H groups in total. The number of hydrogen-bond acceptors (Lipinski definition) is 2. The number of rotatable bonds is 6. The van der Waals surface area contributed by atoms with E-state index < -0.39 is 0 Å². The average Bonchev–Trinajstić information content (AvgIpc) is 2.92. The topological polar surface area (TPSA) is 29.5 Å². The number of ether oxygens (including phenoxy) is 1. The summed E-state index contributed by atoms with van der Waals surface area (Å²) < 4.78 is 5.63. The highest BCUT2D eigenvalue weighted by atomic mass is 16.5. The van der Waals surface area contributed by atoms with Gasteiger partial charge in [-0.05, 0) is 56.8 Å². The summed E-state index contributed by atoms with van der Waals surface area (Å²) in [5, 5.41) is 10.3. The Morgan fingerprint density at radius 2 is 1.94 bits per heavy atom. The van der Waals surface area contributed by atoms with Gasteiger partial charge in [0.1, 0.15) is 0 Å². The van der Waals surface area contributed by atoms with Crippen molar-refractivity contribution in [2.45, 2.75) is 83.3 Å². The summed E-state index contributed by atoms with van der Waals surface area (Å²) in [5.74, 6) is 1.51. The molecule has 106 valence electrons. The summed E-state index contributed by atoms with van der Waals surface area (Å²) >= 11 is 0. The zero-order valence-electron chi connectivity index (χ0n) is 11.9. The molecule has 1 saturated carbocycles. The number of hydrogen-bond donors (Lipinski definition) is 1. The van der Waals surface area contributed by atoms with E-state index in [1.54, 1.807) is 0 Å². The van der Waals surface area contributed by atoms with Gasteiger partial charge in [-0.3, -0.25) is 0 Å². The first-order valence-electron chi connectivity index (χ1n) is 8.09. The molecule has 1 heterocycles. The molecule has 1 saturated heterocycles. The third-order valence-electron chi connectivity index (χ3n) is 5.06. The Labute approximate surface area is 112 Å². The molecule has 0 aromatic heterocycles. The van der Waals surface area contributed by atoms with Crippen LogP contribution in [0.5, 0.6) is 0 Å². The van der Waals surface area contributed by atoms with Gasteiger partial charge < -0.3 is 9.84 Å². The van der Waals surface area contributed by atoms with E-state index in [-0.39, 0.29) is 6.10 Å². The van der Waals surface area contributed by atoms with Crippen LogP contribution in [0.15, 0.2) is 0 Å². The normalized spacial score (nSPS) is 34.7. The monoisotopic (exact) mass is 254 g/mol. The van der Waals surface area contributed by atoms with Gasteiger partial charge in [0, 0.05) is 6.61 Å². The van der Waals surface area contributed by atoms with Crippen molar-refractivity contribution < 1.29 is 9.84 Å². The van der Waals surface area contributed by atoms with Crippen molar-refractivity contribution in [2.75, 3.05) is 6.61 Å². The maximum absolute atomic E-state index is 10.3. The van der Waals surface area contributed by atoms with Crippen molar-refractivity contribution in [1.82, 2.24) is 0 Å². The second kappa shape index (κ2) is 7.49. The molecule has 1 aliphatic heterocycles. The van der Waals surface area contributed by atoms with Crippen molar-refractivity contribution in [3.05, 3.63) is 0 Å². The third kappa shape index (κ3) is 4.24. The van der Waals surface area contributed by atoms with Gasteiger partial charge >= 0.3 is 0 Å². The summed E-state index contributed by atoms with van der Waals surface area (Å²) in [4.78, 5) is 0. The molecular formula is C16H30O2. The Bertz CT molecular complexity index is 215. The van der Waals surface area contributed by atoms with E-state index >= 15 is 0 Å². The minimum atomic E-state index is -0.0517. The van der Waals surface area contributed by atoms with Crippen LogP contribution in [0, 0.1) is 11.8 Å². The minimum absolute atomic E-state index is 0.0517. The lowest BCUT2D eigenvalue weighted by Gasteiger charge is -2.31. The van der Waals surface area contributed by atoms with E-state index in [1.807, 2.05) is 0 Å². The van der Waals surface area contributed by atoms with Crippen LogP contribution in [0.1, 0.15) is 71.1 Å². The van der Waals surface area contributed by atoms with E-state index in [1.165, 1.54) is 44.9 Å². The lowest BCUT2D eigenvalue weighted by molar-refractivity contribution is 0.0559. The van der Waals surface area contributed by atoms with Crippen molar-refractivity contribution in [1.29, 1.82) is 0 Å². The molecule has 2 nitrogen and oxygen atoms in total. The molecular weight excluding hydrogens is 224 g/mol. The van der Waals surface area contributed by atoms with E-state index in [4.69, 9.17) is 4.74 Å². The third-order valence-corrected chi connectivity index (χ3v) is 5.06. The van der Waals surface area contributed by atoms with Gasteiger partial charge in [0.05, 0.1) is 12.2 Å². The molecule has 0 aromatic rings. The van der Waals surface area contributed by atoms with Gasteiger partial charge in [-0.25, -0.2) is 0 Å². The number of aliphatic hydroxyl groups is 1. The minimum Gasteiger partial charge on any atom is -0.393 e. The Balaban J connectivity index is 1.58. The summed E-state index contributed by atoms with van der Waals surface area (Å²) in [6.45, 7) is 3.25. The molecule has 2 atom stereocenters. The predicted octanol–water partition coefficient (Wildman–Crippen LogP) is 3.91. The van der Waals surface area contributed by atoms with E-state index in [0.29, 0.717) is 12.0 Å². The Morgan fingerprint density at radius 1 is 1.17 bits per heavy atom. The van der Waals surface area contributed by atoms with Crippen molar-refractivity contribution in [3.63, 3.8) is 0 Å². The van der Waals surface area contributed by atoms with Crippen molar-refractivity contribution >= 4 is 0 Å². The highest BCUT2D eigenvalue weighted by molar-refractivity contribution is 4.77. The van der Waals surface area contributed by atoms with Crippen LogP contribution in [0.3, 0.4) is 0 Å². The van der Waals surface area contributed by atoms with Gasteiger partial charge in [-0.1, -0.05) is 26.2 Å². The first-order valence-corrected chi connectivity index (χ1v) is 8.09. The quantitative estimate of drug-likeness (QED) is 0.778. The van der Waals surface area contributed by atoms with E-state index in [2.05, 4.69) is 6.92 Å². The number of aliphatic hydroxyl groups excluding tert-OH is 1. The van der Waals surface area contributed by atoms with Crippen LogP contribution in [-0.2, 0) is 4.74 Å². The fourth-order valence-corrected chi connectivity index (χ4v) is 3.64. The Hall–Kier alpha value is -0.0800. The van der Waals surface area contributed by atoms with Gasteiger partial charge in [0.25, 0.3) is 0 Å². The second-order valence-corrected chi connectivity index (χ2v) is 6.32.